The van der Waals surface area contributed by atoms with E-state index in [1.54, 1.807) is 0 Å². The maximum absolute atomic E-state index is 13.4. The van der Waals surface area contributed by atoms with E-state index in [0.717, 1.165) is 6.07 Å². The van der Waals surface area contributed by atoms with Gasteiger partial charge in [0.2, 0.25) is 5.91 Å². The highest BCUT2D eigenvalue weighted by Gasteiger charge is 2.35. The molecule has 6 nitrogen and oxygen atoms in total. The van der Waals surface area contributed by atoms with Crippen molar-refractivity contribution < 1.29 is 23.9 Å². The number of nitrogens with zero attached hydrogens (tertiary/aromatic N) is 2. The van der Waals surface area contributed by atoms with Crippen LogP contribution in [0, 0.1) is 5.82 Å². The smallest absolute Gasteiger partial charge is 0.323 e. The van der Waals surface area contributed by atoms with Gasteiger partial charge in [-0.3, -0.25) is 14.4 Å². The van der Waals surface area contributed by atoms with Crippen molar-refractivity contribution in [2.75, 3.05) is 19.6 Å². The number of hydrogen-bond acceptors (Lipinski definition) is 3. The molecule has 1 aliphatic heterocycles. The van der Waals surface area contributed by atoms with Crippen molar-refractivity contribution in [3.63, 3.8) is 0 Å². The third kappa shape index (κ3) is 3.19. The van der Waals surface area contributed by atoms with Crippen LogP contribution >= 0.6 is 11.6 Å². The van der Waals surface area contributed by atoms with Crippen molar-refractivity contribution in [1.29, 1.82) is 0 Å². The second kappa shape index (κ2) is 6.31. The number of carbonyl (C=O) groups is 3. The lowest BCUT2D eigenvalue weighted by Gasteiger charge is -2.38. The molecule has 8 heteroatoms. The third-order valence-electron chi connectivity index (χ3n) is 3.50. The predicted octanol–water partition coefficient (Wildman–Crippen LogP) is 1.24. The molecule has 1 aromatic rings. The number of piperazine rings is 1. The second-order valence-corrected chi connectivity index (χ2v) is 5.36. The molecule has 22 heavy (non-hydrogen) atoms. The number of hydrogen-bond donors (Lipinski definition) is 1. The van der Waals surface area contributed by atoms with E-state index in [9.17, 15) is 18.8 Å². The Kier molecular flexibility index (Phi) is 4.65. The Labute approximate surface area is 131 Å². The minimum atomic E-state index is -1.11. The van der Waals surface area contributed by atoms with Gasteiger partial charge >= 0.3 is 5.97 Å². The standard InChI is InChI=1S/C14H14ClFN2O4/c1-8-13(21)17(7-12(19)20)4-5-18(8)14(22)9-2-3-10(15)11(16)6-9/h2-3,6,8H,4-5,7H2,1H3,(H,19,20)/t8-/m0/s1. The Morgan fingerprint density at radius 3 is 2.68 bits per heavy atom. The lowest BCUT2D eigenvalue weighted by molar-refractivity contribution is -0.148. The molecule has 1 N–H and O–H groups in total. The van der Waals surface area contributed by atoms with E-state index in [0.29, 0.717) is 0 Å². The molecule has 1 saturated heterocycles. The molecule has 2 amide bonds. The Morgan fingerprint density at radius 1 is 1.41 bits per heavy atom. The molecular formula is C14H14ClFN2O4. The molecule has 0 bridgehead atoms. The summed E-state index contributed by atoms with van der Waals surface area (Å²) in [7, 11) is 0. The Morgan fingerprint density at radius 2 is 2.09 bits per heavy atom. The topological polar surface area (TPSA) is 77.9 Å². The average Bonchev–Trinajstić information content (AvgIpc) is 2.46. The lowest BCUT2D eigenvalue weighted by Crippen LogP contribution is -2.58. The van der Waals surface area contributed by atoms with E-state index in [1.807, 2.05) is 0 Å². The number of amides is 2. The van der Waals surface area contributed by atoms with Crippen LogP contribution in [0.1, 0.15) is 17.3 Å². The zero-order valence-corrected chi connectivity index (χ0v) is 12.5. The summed E-state index contributed by atoms with van der Waals surface area (Å²) in [5.74, 6) is -2.76. The van der Waals surface area contributed by atoms with Gasteiger partial charge in [0.05, 0.1) is 5.02 Å². The van der Waals surface area contributed by atoms with Crippen LogP contribution in [0.3, 0.4) is 0 Å². The summed E-state index contributed by atoms with van der Waals surface area (Å²) in [4.78, 5) is 37.7. The normalized spacial score (nSPS) is 18.5. The van der Waals surface area contributed by atoms with E-state index < -0.39 is 36.2 Å². The van der Waals surface area contributed by atoms with Gasteiger partial charge in [-0.2, -0.15) is 0 Å². The number of halogens is 2. The van der Waals surface area contributed by atoms with Crippen molar-refractivity contribution in [1.82, 2.24) is 9.80 Å². The molecule has 1 atom stereocenters. The maximum Gasteiger partial charge on any atom is 0.323 e. The molecule has 0 unspecified atom stereocenters. The van der Waals surface area contributed by atoms with Gasteiger partial charge in [-0.15, -0.1) is 0 Å². The minimum Gasteiger partial charge on any atom is -0.480 e. The first kappa shape index (κ1) is 16.2. The van der Waals surface area contributed by atoms with E-state index in [1.165, 1.54) is 28.9 Å². The third-order valence-corrected chi connectivity index (χ3v) is 3.81. The number of benzene rings is 1. The van der Waals surface area contributed by atoms with Crippen molar-refractivity contribution in [2.45, 2.75) is 13.0 Å². The molecule has 1 heterocycles. The maximum atomic E-state index is 13.4. The summed E-state index contributed by atoms with van der Waals surface area (Å²) in [6.07, 6.45) is 0. The first-order valence-corrected chi connectivity index (χ1v) is 6.95. The lowest BCUT2D eigenvalue weighted by atomic mass is 10.1. The summed E-state index contributed by atoms with van der Waals surface area (Å²) in [5.41, 5.74) is 0.0910. The number of carbonyl (C=O) groups excluding carboxylic acids is 2. The largest absolute Gasteiger partial charge is 0.480 e. The highest BCUT2D eigenvalue weighted by molar-refractivity contribution is 6.30. The van der Waals surface area contributed by atoms with Crippen LogP contribution in [-0.2, 0) is 9.59 Å². The van der Waals surface area contributed by atoms with Crippen LogP contribution in [0.25, 0.3) is 0 Å². The number of carboxylic acids is 1. The van der Waals surface area contributed by atoms with E-state index in [-0.39, 0.29) is 23.7 Å². The Bertz CT molecular complexity index is 637. The monoisotopic (exact) mass is 328 g/mol. The molecular weight excluding hydrogens is 315 g/mol. The van der Waals surface area contributed by atoms with E-state index >= 15 is 0 Å². The second-order valence-electron chi connectivity index (χ2n) is 4.96. The van der Waals surface area contributed by atoms with Crippen molar-refractivity contribution in [2.24, 2.45) is 0 Å². The first-order chi connectivity index (χ1) is 10.3. The summed E-state index contributed by atoms with van der Waals surface area (Å²) in [5, 5.41) is 8.66. The van der Waals surface area contributed by atoms with Gasteiger partial charge in [-0.05, 0) is 25.1 Å². The number of carboxylic acid groups (broad SMARTS) is 1. The highest BCUT2D eigenvalue weighted by Crippen LogP contribution is 2.19. The molecule has 0 aromatic heterocycles. The molecule has 1 aromatic carbocycles. The fourth-order valence-electron chi connectivity index (χ4n) is 2.32. The predicted molar refractivity (Wildman–Crippen MR) is 76.1 cm³/mol. The van der Waals surface area contributed by atoms with Crippen LogP contribution in [-0.4, -0.2) is 58.4 Å². The van der Waals surface area contributed by atoms with Crippen molar-refractivity contribution in [3.8, 4) is 0 Å². The SMILES string of the molecule is C[C@H]1C(=O)N(CC(=O)O)CCN1C(=O)c1ccc(Cl)c(F)c1. The molecule has 1 fully saturated rings. The van der Waals surface area contributed by atoms with Gasteiger partial charge in [0, 0.05) is 18.7 Å². The Hall–Kier alpha value is -2.15. The van der Waals surface area contributed by atoms with Gasteiger partial charge in [-0.1, -0.05) is 11.6 Å². The van der Waals surface area contributed by atoms with Crippen LogP contribution < -0.4 is 0 Å². The van der Waals surface area contributed by atoms with Crippen LogP contribution in [0.15, 0.2) is 18.2 Å². The van der Waals surface area contributed by atoms with Gasteiger partial charge < -0.3 is 14.9 Å². The molecule has 0 radical (unpaired) electrons. The number of aliphatic carboxylic acids is 1. The zero-order chi connectivity index (χ0) is 16.4. The van der Waals surface area contributed by atoms with Gasteiger partial charge in [-0.25, -0.2) is 4.39 Å². The molecule has 118 valence electrons. The van der Waals surface area contributed by atoms with Crippen LogP contribution in [0.5, 0.6) is 0 Å². The fraction of sp³-hybridized carbons (Fsp3) is 0.357. The highest BCUT2D eigenvalue weighted by atomic mass is 35.5. The molecule has 2 rings (SSSR count). The Balaban J connectivity index is 2.16. The fourth-order valence-corrected chi connectivity index (χ4v) is 2.44. The summed E-state index contributed by atoms with van der Waals surface area (Å²) < 4.78 is 13.4. The van der Waals surface area contributed by atoms with Crippen molar-refractivity contribution in [3.05, 3.63) is 34.6 Å². The summed E-state index contributed by atoms with van der Waals surface area (Å²) in [6, 6.07) is 2.87. The molecule has 1 aliphatic rings. The van der Waals surface area contributed by atoms with E-state index in [2.05, 4.69) is 0 Å². The van der Waals surface area contributed by atoms with Gasteiger partial charge in [0.15, 0.2) is 0 Å². The van der Waals surface area contributed by atoms with Crippen LogP contribution in [0.2, 0.25) is 5.02 Å². The number of rotatable bonds is 3. The van der Waals surface area contributed by atoms with Gasteiger partial charge in [0.25, 0.3) is 5.91 Å². The molecule has 0 aliphatic carbocycles. The first-order valence-electron chi connectivity index (χ1n) is 6.58. The zero-order valence-electron chi connectivity index (χ0n) is 11.8. The van der Waals surface area contributed by atoms with Gasteiger partial charge in [0.1, 0.15) is 18.4 Å². The molecule has 0 saturated carbocycles. The van der Waals surface area contributed by atoms with E-state index in [4.69, 9.17) is 16.7 Å². The quantitative estimate of drug-likeness (QED) is 0.905. The summed E-state index contributed by atoms with van der Waals surface area (Å²) in [6.45, 7) is 1.42. The van der Waals surface area contributed by atoms with Crippen molar-refractivity contribution >= 4 is 29.4 Å². The van der Waals surface area contributed by atoms with Crippen LogP contribution in [0.4, 0.5) is 4.39 Å². The minimum absolute atomic E-state index is 0.0908. The average molecular weight is 329 g/mol. The summed E-state index contributed by atoms with van der Waals surface area (Å²) >= 11 is 5.57. The molecule has 0 spiro atoms.